The third-order valence-corrected chi connectivity index (χ3v) is 3.62. The molecule has 1 fully saturated rings. The molecule has 2 N–H and O–H groups in total. The summed E-state index contributed by atoms with van der Waals surface area (Å²) in [5.74, 6) is -0.790. The Kier molecular flexibility index (Phi) is 4.57. The second-order valence-corrected chi connectivity index (χ2v) is 5.00. The molecule has 1 aromatic rings. The average molecular weight is 290 g/mol. The van der Waals surface area contributed by atoms with E-state index in [4.69, 9.17) is 4.74 Å². The van der Waals surface area contributed by atoms with E-state index in [-0.39, 0.29) is 25.4 Å². The Morgan fingerprint density at radius 2 is 2.05 bits per heavy atom. The summed E-state index contributed by atoms with van der Waals surface area (Å²) in [6.07, 6.45) is 0.227. The van der Waals surface area contributed by atoms with E-state index in [1.54, 1.807) is 6.92 Å². The van der Waals surface area contributed by atoms with E-state index in [1.165, 1.54) is 0 Å². The van der Waals surface area contributed by atoms with E-state index < -0.39 is 17.5 Å². The molecular formula is C15H18N2O4. The Balaban J connectivity index is 1.94. The highest BCUT2D eigenvalue weighted by molar-refractivity contribution is 6.03. The van der Waals surface area contributed by atoms with E-state index >= 15 is 0 Å². The monoisotopic (exact) mass is 290 g/mol. The molecular weight excluding hydrogens is 272 g/mol. The number of hydrogen-bond acceptors (Lipinski definition) is 4. The molecule has 3 amide bonds. The maximum atomic E-state index is 12.0. The molecule has 112 valence electrons. The first-order valence-electron chi connectivity index (χ1n) is 6.89. The fraction of sp³-hybridized carbons (Fsp3) is 0.400. The van der Waals surface area contributed by atoms with E-state index in [2.05, 4.69) is 10.6 Å². The molecule has 1 aliphatic heterocycles. The molecule has 1 aliphatic rings. The van der Waals surface area contributed by atoms with Crippen LogP contribution in [0.2, 0.25) is 0 Å². The number of hydrogen-bond donors (Lipinski definition) is 2. The standard InChI is InChI=1S/C15H18N2O4/c1-2-15(9-8-12(18)16-13(15)19)17-14(20)21-10-11-6-4-3-5-7-11/h3-7H,2,8-10H2,1H3,(H,17,20)(H,16,18,19)/t15-/m0/s1. The number of alkyl carbamates (subject to hydrolysis) is 1. The van der Waals surface area contributed by atoms with Crippen LogP contribution in [0.1, 0.15) is 31.7 Å². The van der Waals surface area contributed by atoms with Crippen molar-refractivity contribution in [1.82, 2.24) is 10.6 Å². The summed E-state index contributed by atoms with van der Waals surface area (Å²) in [7, 11) is 0. The van der Waals surface area contributed by atoms with Crippen molar-refractivity contribution in [3.05, 3.63) is 35.9 Å². The Morgan fingerprint density at radius 3 is 2.67 bits per heavy atom. The van der Waals surface area contributed by atoms with Gasteiger partial charge in [-0.1, -0.05) is 37.3 Å². The van der Waals surface area contributed by atoms with Gasteiger partial charge >= 0.3 is 6.09 Å². The summed E-state index contributed by atoms with van der Waals surface area (Å²) in [5, 5.41) is 4.85. The second kappa shape index (κ2) is 6.39. The van der Waals surface area contributed by atoms with Crippen molar-refractivity contribution < 1.29 is 19.1 Å². The van der Waals surface area contributed by atoms with Crippen LogP contribution in [0.25, 0.3) is 0 Å². The first-order chi connectivity index (χ1) is 10.1. The van der Waals surface area contributed by atoms with Crippen LogP contribution < -0.4 is 10.6 Å². The quantitative estimate of drug-likeness (QED) is 0.823. The Labute approximate surface area is 122 Å². The predicted molar refractivity (Wildman–Crippen MR) is 75.2 cm³/mol. The summed E-state index contributed by atoms with van der Waals surface area (Å²) >= 11 is 0. The lowest BCUT2D eigenvalue weighted by Gasteiger charge is -2.34. The molecule has 6 nitrogen and oxygen atoms in total. The minimum Gasteiger partial charge on any atom is -0.445 e. The molecule has 1 saturated heterocycles. The number of benzene rings is 1. The van der Waals surface area contributed by atoms with Gasteiger partial charge in [0.2, 0.25) is 5.91 Å². The van der Waals surface area contributed by atoms with E-state index in [1.807, 2.05) is 30.3 Å². The normalized spacial score (nSPS) is 21.6. The molecule has 0 saturated carbocycles. The van der Waals surface area contributed by atoms with E-state index in [9.17, 15) is 14.4 Å². The van der Waals surface area contributed by atoms with Gasteiger partial charge < -0.3 is 10.1 Å². The lowest BCUT2D eigenvalue weighted by Crippen LogP contribution is -2.62. The fourth-order valence-corrected chi connectivity index (χ4v) is 2.25. The fourth-order valence-electron chi connectivity index (χ4n) is 2.25. The Bertz CT molecular complexity index is 544. The number of imide groups is 1. The van der Waals surface area contributed by atoms with Crippen LogP contribution in [-0.4, -0.2) is 23.4 Å². The third-order valence-electron chi connectivity index (χ3n) is 3.62. The van der Waals surface area contributed by atoms with Crippen LogP contribution in [0.5, 0.6) is 0 Å². The second-order valence-electron chi connectivity index (χ2n) is 5.00. The number of rotatable bonds is 4. The number of amides is 3. The van der Waals surface area contributed by atoms with Gasteiger partial charge in [-0.15, -0.1) is 0 Å². The number of piperidine rings is 1. The van der Waals surface area contributed by atoms with Gasteiger partial charge in [-0.25, -0.2) is 4.79 Å². The van der Waals surface area contributed by atoms with Gasteiger partial charge in [0, 0.05) is 6.42 Å². The number of carbonyl (C=O) groups is 3. The number of ether oxygens (including phenoxy) is 1. The molecule has 0 bridgehead atoms. The van der Waals surface area contributed by atoms with Crippen LogP contribution >= 0.6 is 0 Å². The minimum absolute atomic E-state index is 0.132. The van der Waals surface area contributed by atoms with Crippen molar-refractivity contribution in [2.24, 2.45) is 0 Å². The van der Waals surface area contributed by atoms with E-state index in [0.717, 1.165) is 5.56 Å². The first kappa shape index (κ1) is 15.0. The zero-order valence-corrected chi connectivity index (χ0v) is 11.8. The first-order valence-corrected chi connectivity index (χ1v) is 6.89. The molecule has 0 radical (unpaired) electrons. The third kappa shape index (κ3) is 3.59. The molecule has 0 unspecified atom stereocenters. The van der Waals surface area contributed by atoms with Gasteiger partial charge in [0.15, 0.2) is 0 Å². The average Bonchev–Trinajstić information content (AvgIpc) is 2.49. The molecule has 6 heteroatoms. The van der Waals surface area contributed by atoms with Gasteiger partial charge in [0.1, 0.15) is 12.1 Å². The summed E-state index contributed by atoms with van der Waals surface area (Å²) < 4.78 is 5.12. The van der Waals surface area contributed by atoms with Crippen molar-refractivity contribution in [3.8, 4) is 0 Å². The Morgan fingerprint density at radius 1 is 1.33 bits per heavy atom. The Hall–Kier alpha value is -2.37. The molecule has 0 spiro atoms. The van der Waals surface area contributed by atoms with E-state index in [0.29, 0.717) is 6.42 Å². The van der Waals surface area contributed by atoms with Gasteiger partial charge in [-0.3, -0.25) is 14.9 Å². The number of nitrogens with one attached hydrogen (secondary N) is 2. The summed E-state index contributed by atoms with van der Waals surface area (Å²) in [6, 6.07) is 9.26. The maximum absolute atomic E-state index is 12.0. The largest absolute Gasteiger partial charge is 0.445 e. The lowest BCUT2D eigenvalue weighted by molar-refractivity contribution is -0.138. The van der Waals surface area contributed by atoms with Crippen LogP contribution in [0.15, 0.2) is 30.3 Å². The van der Waals surface area contributed by atoms with Crippen molar-refractivity contribution in [3.63, 3.8) is 0 Å². The highest BCUT2D eigenvalue weighted by Crippen LogP contribution is 2.22. The molecule has 21 heavy (non-hydrogen) atoms. The highest BCUT2D eigenvalue weighted by atomic mass is 16.5. The predicted octanol–water partition coefficient (Wildman–Crippen LogP) is 1.50. The minimum atomic E-state index is -1.07. The molecule has 0 aliphatic carbocycles. The zero-order chi connectivity index (χ0) is 15.3. The van der Waals surface area contributed by atoms with Crippen LogP contribution in [0.3, 0.4) is 0 Å². The van der Waals surface area contributed by atoms with Gasteiger partial charge in [-0.2, -0.15) is 0 Å². The van der Waals surface area contributed by atoms with Gasteiger partial charge in [0.25, 0.3) is 5.91 Å². The van der Waals surface area contributed by atoms with Gasteiger partial charge in [0.05, 0.1) is 0 Å². The molecule has 1 atom stereocenters. The van der Waals surface area contributed by atoms with Crippen LogP contribution in [-0.2, 0) is 20.9 Å². The summed E-state index contributed by atoms with van der Waals surface area (Å²) in [5.41, 5.74) is -0.205. The SMILES string of the molecule is CC[C@]1(NC(=O)OCc2ccccc2)CCC(=O)NC1=O. The summed E-state index contributed by atoms with van der Waals surface area (Å²) in [4.78, 5) is 35.0. The highest BCUT2D eigenvalue weighted by Gasteiger charge is 2.42. The zero-order valence-electron chi connectivity index (χ0n) is 11.8. The lowest BCUT2D eigenvalue weighted by atomic mass is 9.86. The molecule has 2 rings (SSSR count). The summed E-state index contributed by atoms with van der Waals surface area (Å²) in [6.45, 7) is 1.92. The smallest absolute Gasteiger partial charge is 0.408 e. The molecule has 0 aromatic heterocycles. The van der Waals surface area contributed by atoms with Crippen molar-refractivity contribution in [2.45, 2.75) is 38.3 Å². The van der Waals surface area contributed by atoms with Crippen molar-refractivity contribution in [1.29, 1.82) is 0 Å². The van der Waals surface area contributed by atoms with Crippen LogP contribution in [0.4, 0.5) is 4.79 Å². The van der Waals surface area contributed by atoms with Crippen molar-refractivity contribution >= 4 is 17.9 Å². The van der Waals surface area contributed by atoms with Gasteiger partial charge in [-0.05, 0) is 18.4 Å². The topological polar surface area (TPSA) is 84.5 Å². The maximum Gasteiger partial charge on any atom is 0.408 e. The molecule has 1 aromatic carbocycles. The molecule has 1 heterocycles. The van der Waals surface area contributed by atoms with Crippen LogP contribution in [0, 0.1) is 0 Å². The number of carbonyl (C=O) groups excluding carboxylic acids is 3. The van der Waals surface area contributed by atoms with Crippen molar-refractivity contribution in [2.75, 3.05) is 0 Å².